The van der Waals surface area contributed by atoms with Gasteiger partial charge in [0.25, 0.3) is 5.91 Å². The van der Waals surface area contributed by atoms with Crippen LogP contribution >= 0.6 is 0 Å². The number of benzene rings is 2. The van der Waals surface area contributed by atoms with Crippen LogP contribution in [0.15, 0.2) is 47.4 Å². The fourth-order valence-corrected chi connectivity index (χ4v) is 3.34. The first-order valence-electron chi connectivity index (χ1n) is 8.16. The first-order valence-corrected chi connectivity index (χ1v) is 9.60. The highest BCUT2D eigenvalue weighted by Crippen LogP contribution is 2.29. The first-order chi connectivity index (χ1) is 13.5. The molecule has 1 N–H and O–H groups in total. The van der Waals surface area contributed by atoms with E-state index in [0.29, 0.717) is 0 Å². The predicted octanol–water partition coefficient (Wildman–Crippen LogP) is 3.14. The molecule has 0 atom stereocenters. The van der Waals surface area contributed by atoms with Crippen molar-refractivity contribution in [1.82, 2.24) is 4.31 Å². The second kappa shape index (κ2) is 8.70. The summed E-state index contributed by atoms with van der Waals surface area (Å²) in [4.78, 5) is 12.4. The largest absolute Gasteiger partial charge is 0.495 e. The van der Waals surface area contributed by atoms with E-state index in [-0.39, 0.29) is 27.6 Å². The Morgan fingerprint density at radius 2 is 1.76 bits per heavy atom. The van der Waals surface area contributed by atoms with Crippen molar-refractivity contribution in [2.45, 2.75) is 11.1 Å². The number of anilines is 1. The third-order valence-electron chi connectivity index (χ3n) is 3.71. The van der Waals surface area contributed by atoms with Crippen LogP contribution in [-0.4, -0.2) is 52.6 Å². The lowest BCUT2D eigenvalue weighted by Crippen LogP contribution is -2.23. The van der Waals surface area contributed by atoms with Gasteiger partial charge in [-0.3, -0.25) is 4.79 Å². The van der Waals surface area contributed by atoms with E-state index in [1.54, 1.807) is 0 Å². The Morgan fingerprint density at radius 1 is 1.10 bits per heavy atom. The zero-order chi connectivity index (χ0) is 21.8. The highest BCUT2D eigenvalue weighted by molar-refractivity contribution is 7.89. The van der Waals surface area contributed by atoms with Gasteiger partial charge in [-0.1, -0.05) is 12.1 Å². The molecule has 11 heteroatoms. The van der Waals surface area contributed by atoms with Gasteiger partial charge in [0.2, 0.25) is 10.0 Å². The number of para-hydroxylation sites is 2. The number of rotatable bonds is 7. The minimum atomic E-state index is -4.54. The number of carbonyl (C=O) groups excluding carboxylic acids is 1. The molecule has 1 amide bonds. The number of ether oxygens (including phenoxy) is 2. The molecule has 0 aliphatic heterocycles. The molecule has 158 valence electrons. The number of halogens is 3. The van der Waals surface area contributed by atoms with Crippen LogP contribution in [0.2, 0.25) is 0 Å². The zero-order valence-electron chi connectivity index (χ0n) is 15.8. The minimum absolute atomic E-state index is 0.00887. The van der Waals surface area contributed by atoms with Crippen LogP contribution in [0.4, 0.5) is 18.9 Å². The summed E-state index contributed by atoms with van der Waals surface area (Å²) in [5.41, 5.74) is -0.0218. The number of nitrogens with zero attached hydrogens (tertiary/aromatic N) is 1. The quantitative estimate of drug-likeness (QED) is 0.727. The van der Waals surface area contributed by atoms with Gasteiger partial charge in [-0.15, -0.1) is 0 Å². The highest BCUT2D eigenvalue weighted by Gasteiger charge is 2.29. The van der Waals surface area contributed by atoms with Crippen molar-refractivity contribution >= 4 is 21.6 Å². The Balaban J connectivity index is 2.33. The second-order valence-electron chi connectivity index (χ2n) is 6.01. The lowest BCUT2D eigenvalue weighted by molar-refractivity contribution is -0.153. The van der Waals surface area contributed by atoms with E-state index in [2.05, 4.69) is 5.32 Å². The fraction of sp³-hybridized carbons (Fsp3) is 0.278. The number of sulfonamides is 1. The molecule has 2 aromatic rings. The summed E-state index contributed by atoms with van der Waals surface area (Å²) >= 11 is 0. The summed E-state index contributed by atoms with van der Waals surface area (Å²) < 4.78 is 72.9. The fourth-order valence-electron chi connectivity index (χ4n) is 2.27. The van der Waals surface area contributed by atoms with Crippen LogP contribution in [0.3, 0.4) is 0 Å². The van der Waals surface area contributed by atoms with Crippen LogP contribution in [0, 0.1) is 0 Å². The number of alkyl halides is 3. The molecule has 7 nitrogen and oxygen atoms in total. The van der Waals surface area contributed by atoms with Gasteiger partial charge in [-0.2, -0.15) is 13.2 Å². The minimum Gasteiger partial charge on any atom is -0.495 e. The average molecular weight is 432 g/mol. The molecule has 0 aliphatic carbocycles. The maximum absolute atomic E-state index is 12.6. The Kier molecular flexibility index (Phi) is 6.75. The van der Waals surface area contributed by atoms with E-state index in [1.165, 1.54) is 57.6 Å². The van der Waals surface area contributed by atoms with Gasteiger partial charge in [-0.05, 0) is 30.3 Å². The molecule has 0 aliphatic rings. The molecular weight excluding hydrogens is 413 g/mol. The Morgan fingerprint density at radius 3 is 2.34 bits per heavy atom. The summed E-state index contributed by atoms with van der Waals surface area (Å²) in [6.07, 6.45) is -4.54. The number of hydrogen-bond donors (Lipinski definition) is 1. The molecule has 0 radical (unpaired) electrons. The van der Waals surface area contributed by atoms with Crippen molar-refractivity contribution in [3.05, 3.63) is 48.0 Å². The predicted molar refractivity (Wildman–Crippen MR) is 99.8 cm³/mol. The monoisotopic (exact) mass is 432 g/mol. The molecule has 0 fully saturated rings. The van der Waals surface area contributed by atoms with Gasteiger partial charge in [0.1, 0.15) is 16.4 Å². The van der Waals surface area contributed by atoms with Crippen molar-refractivity contribution in [2.24, 2.45) is 0 Å². The third kappa shape index (κ3) is 5.61. The zero-order valence-corrected chi connectivity index (χ0v) is 16.6. The van der Waals surface area contributed by atoms with E-state index in [9.17, 15) is 26.4 Å². The molecule has 2 aromatic carbocycles. The van der Waals surface area contributed by atoms with Crippen molar-refractivity contribution in [2.75, 3.05) is 33.1 Å². The number of carbonyl (C=O) groups is 1. The van der Waals surface area contributed by atoms with E-state index in [1.807, 2.05) is 0 Å². The third-order valence-corrected chi connectivity index (χ3v) is 5.55. The molecule has 29 heavy (non-hydrogen) atoms. The van der Waals surface area contributed by atoms with E-state index in [4.69, 9.17) is 9.47 Å². The summed E-state index contributed by atoms with van der Waals surface area (Å²) in [5, 5.41) is 2.43. The van der Waals surface area contributed by atoms with Crippen molar-refractivity contribution < 1.29 is 35.9 Å². The second-order valence-corrected chi connectivity index (χ2v) is 8.13. The molecule has 0 saturated carbocycles. The first kappa shape index (κ1) is 22.5. The van der Waals surface area contributed by atoms with Crippen LogP contribution in [-0.2, 0) is 10.0 Å². The van der Waals surface area contributed by atoms with Gasteiger partial charge in [0.15, 0.2) is 6.61 Å². The van der Waals surface area contributed by atoms with Crippen molar-refractivity contribution in [3.8, 4) is 11.5 Å². The standard InChI is InChI=1S/C18H19F3N2O5S/c1-23(2)29(25,26)16-10-12(8-9-15(16)27-3)17(24)22-13-6-4-5-7-14(13)28-11-18(19,20)21/h4-10H,11H2,1-3H3,(H,22,24). The van der Waals surface area contributed by atoms with Crippen LogP contribution < -0.4 is 14.8 Å². The number of methoxy groups -OCH3 is 1. The summed E-state index contributed by atoms with van der Waals surface area (Å²) in [7, 11) is 0.0449. The van der Waals surface area contributed by atoms with Crippen LogP contribution in [0.1, 0.15) is 10.4 Å². The summed E-state index contributed by atoms with van der Waals surface area (Å²) in [5.74, 6) is -0.858. The van der Waals surface area contributed by atoms with Crippen molar-refractivity contribution in [3.63, 3.8) is 0 Å². The van der Waals surface area contributed by atoms with Crippen molar-refractivity contribution in [1.29, 1.82) is 0 Å². The summed E-state index contributed by atoms with van der Waals surface area (Å²) in [6.45, 7) is -1.52. The summed E-state index contributed by atoms with van der Waals surface area (Å²) in [6, 6.07) is 9.38. The molecule has 0 saturated heterocycles. The highest BCUT2D eigenvalue weighted by atomic mass is 32.2. The van der Waals surface area contributed by atoms with Gasteiger partial charge in [0, 0.05) is 19.7 Å². The topological polar surface area (TPSA) is 84.9 Å². The van der Waals surface area contributed by atoms with E-state index >= 15 is 0 Å². The smallest absolute Gasteiger partial charge is 0.422 e. The molecule has 0 aromatic heterocycles. The number of nitrogens with one attached hydrogen (secondary N) is 1. The van der Waals surface area contributed by atoms with Gasteiger partial charge in [0.05, 0.1) is 12.8 Å². The van der Waals surface area contributed by atoms with Gasteiger partial charge < -0.3 is 14.8 Å². The van der Waals surface area contributed by atoms with Crippen LogP contribution in [0.5, 0.6) is 11.5 Å². The molecule has 2 rings (SSSR count). The Labute approximate surface area is 166 Å². The molecule has 0 heterocycles. The van der Waals surface area contributed by atoms with E-state index < -0.39 is 28.7 Å². The normalized spacial score (nSPS) is 12.0. The van der Waals surface area contributed by atoms with Crippen LogP contribution in [0.25, 0.3) is 0 Å². The Bertz CT molecular complexity index is 991. The molecule has 0 unspecified atom stereocenters. The maximum atomic E-state index is 12.6. The molecular formula is C18H19F3N2O5S. The lowest BCUT2D eigenvalue weighted by atomic mass is 10.2. The lowest BCUT2D eigenvalue weighted by Gasteiger charge is -2.16. The number of amides is 1. The molecule has 0 bridgehead atoms. The molecule has 0 spiro atoms. The van der Waals surface area contributed by atoms with Gasteiger partial charge in [-0.25, -0.2) is 12.7 Å². The number of hydrogen-bond acceptors (Lipinski definition) is 5. The maximum Gasteiger partial charge on any atom is 0.422 e. The van der Waals surface area contributed by atoms with E-state index in [0.717, 1.165) is 10.4 Å². The average Bonchev–Trinajstić information content (AvgIpc) is 2.65. The Hall–Kier alpha value is -2.79. The SMILES string of the molecule is COc1ccc(C(=O)Nc2ccccc2OCC(F)(F)F)cc1S(=O)(=O)N(C)C. The van der Waals surface area contributed by atoms with Gasteiger partial charge >= 0.3 is 6.18 Å².